The molecule has 1 aliphatic rings. The molecule has 1 saturated carbocycles. The predicted octanol–water partition coefficient (Wildman–Crippen LogP) is 5.20. The van der Waals surface area contributed by atoms with Gasteiger partial charge in [0.1, 0.15) is 0 Å². The van der Waals surface area contributed by atoms with Crippen LogP contribution in [0.5, 0.6) is 11.5 Å². The standard InChI is InChI=1S/C15H20BrClO2/c1-18-14-8-12(9-16)7-13(17)15(14)19-10-11-5-3-2-4-6-11/h7-8,11H,2-6,9-10H2,1H3. The molecule has 4 heteroatoms. The second kappa shape index (κ2) is 7.39. The SMILES string of the molecule is COc1cc(CBr)cc(Cl)c1OCC1CCCCC1. The van der Waals surface area contributed by atoms with E-state index in [1.807, 2.05) is 12.1 Å². The molecule has 0 radical (unpaired) electrons. The van der Waals surface area contributed by atoms with E-state index in [1.54, 1.807) is 7.11 Å². The van der Waals surface area contributed by atoms with E-state index < -0.39 is 0 Å². The van der Waals surface area contributed by atoms with E-state index in [-0.39, 0.29) is 0 Å². The van der Waals surface area contributed by atoms with Gasteiger partial charge in [0.25, 0.3) is 0 Å². The number of ether oxygens (including phenoxy) is 2. The first-order valence-corrected chi connectivity index (χ1v) is 8.29. The maximum Gasteiger partial charge on any atom is 0.179 e. The molecular weight excluding hydrogens is 328 g/mol. The van der Waals surface area contributed by atoms with Crippen LogP contribution in [0.2, 0.25) is 5.02 Å². The lowest BCUT2D eigenvalue weighted by Crippen LogP contribution is -2.15. The van der Waals surface area contributed by atoms with Gasteiger partial charge in [-0.05, 0) is 36.5 Å². The number of halogens is 2. The third-order valence-electron chi connectivity index (χ3n) is 3.63. The van der Waals surface area contributed by atoms with E-state index in [2.05, 4.69) is 15.9 Å². The summed E-state index contributed by atoms with van der Waals surface area (Å²) in [4.78, 5) is 0. The largest absolute Gasteiger partial charge is 0.493 e. The molecule has 0 bridgehead atoms. The summed E-state index contributed by atoms with van der Waals surface area (Å²) in [6, 6.07) is 3.89. The van der Waals surface area contributed by atoms with Gasteiger partial charge in [-0.1, -0.05) is 46.8 Å². The van der Waals surface area contributed by atoms with Crippen LogP contribution >= 0.6 is 27.5 Å². The molecule has 0 unspecified atom stereocenters. The number of hydrogen-bond acceptors (Lipinski definition) is 2. The molecule has 0 aliphatic heterocycles. The van der Waals surface area contributed by atoms with Crippen molar-refractivity contribution in [1.82, 2.24) is 0 Å². The molecule has 0 amide bonds. The van der Waals surface area contributed by atoms with Crippen molar-refractivity contribution in [3.63, 3.8) is 0 Å². The van der Waals surface area contributed by atoms with Gasteiger partial charge in [-0.2, -0.15) is 0 Å². The van der Waals surface area contributed by atoms with Crippen LogP contribution in [0.15, 0.2) is 12.1 Å². The first-order valence-electron chi connectivity index (χ1n) is 6.79. The smallest absolute Gasteiger partial charge is 0.179 e. The highest BCUT2D eigenvalue weighted by Crippen LogP contribution is 2.37. The predicted molar refractivity (Wildman–Crippen MR) is 82.7 cm³/mol. The van der Waals surface area contributed by atoms with E-state index in [0.29, 0.717) is 16.7 Å². The molecule has 19 heavy (non-hydrogen) atoms. The Balaban J connectivity index is 2.05. The molecular formula is C15H20BrClO2. The highest BCUT2D eigenvalue weighted by Gasteiger charge is 2.17. The molecule has 1 aromatic rings. The van der Waals surface area contributed by atoms with Crippen molar-refractivity contribution in [2.75, 3.05) is 13.7 Å². The summed E-state index contributed by atoms with van der Waals surface area (Å²) < 4.78 is 11.3. The van der Waals surface area contributed by atoms with Crippen LogP contribution in [-0.2, 0) is 5.33 Å². The zero-order valence-corrected chi connectivity index (χ0v) is 13.6. The zero-order chi connectivity index (χ0) is 13.7. The highest BCUT2D eigenvalue weighted by atomic mass is 79.9. The molecule has 0 spiro atoms. The maximum absolute atomic E-state index is 6.28. The molecule has 0 heterocycles. The Labute approximate surface area is 128 Å². The van der Waals surface area contributed by atoms with Crippen LogP contribution in [0.3, 0.4) is 0 Å². The third kappa shape index (κ3) is 4.03. The summed E-state index contributed by atoms with van der Waals surface area (Å²) in [5.41, 5.74) is 1.09. The molecule has 1 aliphatic carbocycles. The quantitative estimate of drug-likeness (QED) is 0.681. The summed E-state index contributed by atoms with van der Waals surface area (Å²) in [7, 11) is 1.65. The normalized spacial score (nSPS) is 16.4. The second-order valence-corrected chi connectivity index (χ2v) is 6.03. The number of alkyl halides is 1. The fourth-order valence-electron chi connectivity index (χ4n) is 2.55. The lowest BCUT2D eigenvalue weighted by atomic mass is 9.90. The van der Waals surface area contributed by atoms with Gasteiger partial charge in [0, 0.05) is 5.33 Å². The second-order valence-electron chi connectivity index (χ2n) is 5.06. The van der Waals surface area contributed by atoms with E-state index >= 15 is 0 Å². The van der Waals surface area contributed by atoms with Crippen molar-refractivity contribution >= 4 is 27.5 Å². The zero-order valence-electron chi connectivity index (χ0n) is 11.3. The van der Waals surface area contributed by atoms with Gasteiger partial charge in [-0.15, -0.1) is 0 Å². The maximum atomic E-state index is 6.28. The van der Waals surface area contributed by atoms with Crippen molar-refractivity contribution in [3.8, 4) is 11.5 Å². The Morgan fingerprint density at radius 3 is 2.63 bits per heavy atom. The Hall–Kier alpha value is -0.410. The summed E-state index contributed by atoms with van der Waals surface area (Å²) in [6.07, 6.45) is 6.53. The molecule has 2 nitrogen and oxygen atoms in total. The van der Waals surface area contributed by atoms with Crippen LogP contribution in [0.25, 0.3) is 0 Å². The topological polar surface area (TPSA) is 18.5 Å². The van der Waals surface area contributed by atoms with Gasteiger partial charge in [-0.25, -0.2) is 0 Å². The third-order valence-corrected chi connectivity index (χ3v) is 4.56. The molecule has 2 rings (SSSR count). The van der Waals surface area contributed by atoms with Gasteiger partial charge in [0.2, 0.25) is 0 Å². The van der Waals surface area contributed by atoms with E-state index in [0.717, 1.165) is 23.2 Å². The molecule has 106 valence electrons. The van der Waals surface area contributed by atoms with Crippen LogP contribution in [0, 0.1) is 5.92 Å². The van der Waals surface area contributed by atoms with Gasteiger partial charge in [0.15, 0.2) is 11.5 Å². The Morgan fingerprint density at radius 1 is 1.26 bits per heavy atom. The molecule has 1 fully saturated rings. The van der Waals surface area contributed by atoms with E-state index in [9.17, 15) is 0 Å². The van der Waals surface area contributed by atoms with E-state index in [1.165, 1.54) is 32.1 Å². The average Bonchev–Trinajstić information content (AvgIpc) is 2.46. The summed E-state index contributed by atoms with van der Waals surface area (Å²) in [5, 5.41) is 1.39. The number of methoxy groups -OCH3 is 1. The molecule has 0 N–H and O–H groups in total. The van der Waals surface area contributed by atoms with Crippen LogP contribution in [0.4, 0.5) is 0 Å². The Bertz CT molecular complexity index is 417. The fourth-order valence-corrected chi connectivity index (χ4v) is 3.16. The number of hydrogen-bond donors (Lipinski definition) is 0. The van der Waals surface area contributed by atoms with Crippen molar-refractivity contribution in [1.29, 1.82) is 0 Å². The Morgan fingerprint density at radius 2 is 2.00 bits per heavy atom. The minimum absolute atomic E-state index is 0.629. The van der Waals surface area contributed by atoms with Crippen molar-refractivity contribution in [3.05, 3.63) is 22.7 Å². The summed E-state index contributed by atoms with van der Waals surface area (Å²) in [6.45, 7) is 0.740. The molecule has 0 aromatic heterocycles. The molecule has 1 aromatic carbocycles. The lowest BCUT2D eigenvalue weighted by molar-refractivity contribution is 0.202. The summed E-state index contributed by atoms with van der Waals surface area (Å²) >= 11 is 9.71. The monoisotopic (exact) mass is 346 g/mol. The van der Waals surface area contributed by atoms with Gasteiger partial charge in [0.05, 0.1) is 18.7 Å². The van der Waals surface area contributed by atoms with Gasteiger partial charge in [-0.3, -0.25) is 0 Å². The van der Waals surface area contributed by atoms with E-state index in [4.69, 9.17) is 21.1 Å². The number of rotatable bonds is 5. The van der Waals surface area contributed by atoms with Crippen LogP contribution < -0.4 is 9.47 Å². The fraction of sp³-hybridized carbons (Fsp3) is 0.600. The highest BCUT2D eigenvalue weighted by molar-refractivity contribution is 9.08. The van der Waals surface area contributed by atoms with Gasteiger partial charge < -0.3 is 9.47 Å². The molecule has 0 atom stereocenters. The van der Waals surface area contributed by atoms with Crippen molar-refractivity contribution < 1.29 is 9.47 Å². The summed E-state index contributed by atoms with van der Waals surface area (Å²) in [5.74, 6) is 2.06. The Kier molecular flexibility index (Phi) is 5.83. The van der Waals surface area contributed by atoms with Crippen LogP contribution in [-0.4, -0.2) is 13.7 Å². The molecule has 0 saturated heterocycles. The van der Waals surface area contributed by atoms with Crippen LogP contribution in [0.1, 0.15) is 37.7 Å². The number of benzene rings is 1. The van der Waals surface area contributed by atoms with Crippen molar-refractivity contribution in [2.24, 2.45) is 5.92 Å². The minimum atomic E-state index is 0.629. The average molecular weight is 348 g/mol. The minimum Gasteiger partial charge on any atom is -0.493 e. The first kappa shape index (κ1) is 15.0. The first-order chi connectivity index (χ1) is 9.24. The van der Waals surface area contributed by atoms with Gasteiger partial charge >= 0.3 is 0 Å². The van der Waals surface area contributed by atoms with Crippen molar-refractivity contribution in [2.45, 2.75) is 37.4 Å². The lowest BCUT2D eigenvalue weighted by Gasteiger charge is -2.22.